The van der Waals surface area contributed by atoms with Crippen LogP contribution in [0.15, 0.2) is 0 Å². The number of carbonyl (C=O) groups excluding carboxylic acids is 1. The van der Waals surface area contributed by atoms with Gasteiger partial charge in [-0.05, 0) is 13.8 Å². The number of rotatable bonds is 5. The minimum atomic E-state index is 0.0636. The quantitative estimate of drug-likeness (QED) is 0.695. The third-order valence-corrected chi connectivity index (χ3v) is 2.77. The topological polar surface area (TPSA) is 58.8 Å². The molecule has 1 fully saturated rings. The molecule has 2 N–H and O–H groups in total. The zero-order chi connectivity index (χ0) is 12.8. The molecule has 98 valence electrons. The predicted molar refractivity (Wildman–Crippen MR) is 70.9 cm³/mol. The number of carbonyl (C=O) groups is 1. The molecule has 0 bridgehead atoms. The molecule has 0 aromatic carbocycles. The Bertz CT molecular complexity index is 276. The smallest absolute Gasteiger partial charge is 0.248 e. The van der Waals surface area contributed by atoms with Gasteiger partial charge in [-0.25, -0.2) is 0 Å². The second kappa shape index (κ2) is 6.88. The van der Waals surface area contributed by atoms with Crippen molar-refractivity contribution in [3.63, 3.8) is 0 Å². The molecule has 1 aliphatic rings. The van der Waals surface area contributed by atoms with E-state index in [1.54, 1.807) is 0 Å². The van der Waals surface area contributed by atoms with Gasteiger partial charge in [0.15, 0.2) is 0 Å². The van der Waals surface area contributed by atoms with Crippen LogP contribution in [0.3, 0.4) is 0 Å². The first-order valence-electron chi connectivity index (χ1n) is 5.89. The number of hydrogen-bond acceptors (Lipinski definition) is 4. The van der Waals surface area contributed by atoms with Crippen molar-refractivity contribution in [2.75, 3.05) is 39.3 Å². The summed E-state index contributed by atoms with van der Waals surface area (Å²) >= 11 is 4.86. The van der Waals surface area contributed by atoms with Crippen LogP contribution >= 0.6 is 12.2 Å². The standard InChI is InChI=1S/C11H21N3O2S/c1-9(2)16-8-11(15)14-5-3-13(4-6-14)7-10(12)17/h9H,3-8H2,1-2H3,(H2,12,17). The van der Waals surface area contributed by atoms with Crippen molar-refractivity contribution < 1.29 is 9.53 Å². The second-order valence-electron chi connectivity index (χ2n) is 4.48. The van der Waals surface area contributed by atoms with Crippen molar-refractivity contribution in [3.8, 4) is 0 Å². The molecule has 0 radical (unpaired) electrons. The normalized spacial score (nSPS) is 17.5. The van der Waals surface area contributed by atoms with Crippen molar-refractivity contribution in [3.05, 3.63) is 0 Å². The van der Waals surface area contributed by atoms with Crippen LogP contribution in [-0.4, -0.2) is 66.1 Å². The van der Waals surface area contributed by atoms with Crippen LogP contribution in [0.4, 0.5) is 0 Å². The lowest BCUT2D eigenvalue weighted by Gasteiger charge is -2.34. The number of nitrogens with two attached hydrogens (primary N) is 1. The fourth-order valence-electron chi connectivity index (χ4n) is 1.71. The van der Waals surface area contributed by atoms with E-state index < -0.39 is 0 Å². The highest BCUT2D eigenvalue weighted by Gasteiger charge is 2.21. The molecule has 1 aliphatic heterocycles. The summed E-state index contributed by atoms with van der Waals surface area (Å²) in [6, 6.07) is 0. The van der Waals surface area contributed by atoms with Crippen LogP contribution in [0, 0.1) is 0 Å². The van der Waals surface area contributed by atoms with Gasteiger partial charge in [0.25, 0.3) is 0 Å². The Morgan fingerprint density at radius 2 is 1.94 bits per heavy atom. The average Bonchev–Trinajstić information content (AvgIpc) is 2.26. The summed E-state index contributed by atoms with van der Waals surface area (Å²) in [5.41, 5.74) is 5.49. The van der Waals surface area contributed by atoms with Crippen molar-refractivity contribution in [1.82, 2.24) is 9.80 Å². The number of piperazine rings is 1. The van der Waals surface area contributed by atoms with Crippen molar-refractivity contribution in [2.45, 2.75) is 20.0 Å². The van der Waals surface area contributed by atoms with Gasteiger partial charge in [0.1, 0.15) is 6.61 Å². The predicted octanol–water partition coefficient (Wildman–Crippen LogP) is -0.158. The van der Waals surface area contributed by atoms with Crippen LogP contribution < -0.4 is 5.73 Å². The van der Waals surface area contributed by atoms with Crippen LogP contribution in [0.5, 0.6) is 0 Å². The Hall–Kier alpha value is -0.720. The molecular formula is C11H21N3O2S. The summed E-state index contributed by atoms with van der Waals surface area (Å²) in [6.45, 7) is 7.76. The van der Waals surface area contributed by atoms with Gasteiger partial charge in [-0.2, -0.15) is 0 Å². The van der Waals surface area contributed by atoms with E-state index in [4.69, 9.17) is 22.7 Å². The van der Waals surface area contributed by atoms with Gasteiger partial charge in [-0.1, -0.05) is 12.2 Å². The van der Waals surface area contributed by atoms with E-state index in [0.29, 0.717) is 11.5 Å². The van der Waals surface area contributed by atoms with E-state index >= 15 is 0 Å². The van der Waals surface area contributed by atoms with Gasteiger partial charge in [0.05, 0.1) is 11.1 Å². The van der Waals surface area contributed by atoms with Gasteiger partial charge < -0.3 is 15.4 Å². The zero-order valence-electron chi connectivity index (χ0n) is 10.5. The molecule has 1 saturated heterocycles. The maximum Gasteiger partial charge on any atom is 0.248 e. The number of ether oxygens (including phenoxy) is 1. The molecule has 0 spiro atoms. The minimum absolute atomic E-state index is 0.0636. The fourth-order valence-corrected chi connectivity index (χ4v) is 1.89. The van der Waals surface area contributed by atoms with E-state index in [1.165, 1.54) is 0 Å². The van der Waals surface area contributed by atoms with Gasteiger partial charge in [-0.3, -0.25) is 9.69 Å². The fraction of sp³-hybridized carbons (Fsp3) is 0.818. The van der Waals surface area contributed by atoms with E-state index in [1.807, 2.05) is 18.7 Å². The Kier molecular flexibility index (Phi) is 5.80. The summed E-state index contributed by atoms with van der Waals surface area (Å²) in [7, 11) is 0. The van der Waals surface area contributed by atoms with E-state index in [0.717, 1.165) is 26.2 Å². The lowest BCUT2D eigenvalue weighted by molar-refractivity contribution is -0.139. The summed E-state index contributed by atoms with van der Waals surface area (Å²) in [5.74, 6) is 0.0636. The van der Waals surface area contributed by atoms with E-state index in [9.17, 15) is 4.79 Å². The lowest BCUT2D eigenvalue weighted by Crippen LogP contribution is -2.51. The summed E-state index contributed by atoms with van der Waals surface area (Å²) in [4.78, 5) is 16.3. The average molecular weight is 259 g/mol. The Labute approximate surface area is 108 Å². The Morgan fingerprint density at radius 3 is 2.41 bits per heavy atom. The van der Waals surface area contributed by atoms with Crippen molar-refractivity contribution >= 4 is 23.1 Å². The number of amides is 1. The van der Waals surface area contributed by atoms with Gasteiger partial charge in [0, 0.05) is 32.7 Å². The molecule has 0 atom stereocenters. The zero-order valence-corrected chi connectivity index (χ0v) is 11.3. The minimum Gasteiger partial charge on any atom is -0.392 e. The third kappa shape index (κ3) is 5.43. The van der Waals surface area contributed by atoms with Crippen LogP contribution in [0.2, 0.25) is 0 Å². The van der Waals surface area contributed by atoms with E-state index in [2.05, 4.69) is 4.90 Å². The molecule has 0 aromatic heterocycles. The molecule has 1 heterocycles. The molecule has 0 aromatic rings. The highest BCUT2D eigenvalue weighted by Crippen LogP contribution is 2.02. The summed E-state index contributed by atoms with van der Waals surface area (Å²) in [6.07, 6.45) is 0.0925. The van der Waals surface area contributed by atoms with Crippen LogP contribution in [0.1, 0.15) is 13.8 Å². The summed E-state index contributed by atoms with van der Waals surface area (Å²) < 4.78 is 5.30. The third-order valence-electron chi connectivity index (χ3n) is 2.64. The molecule has 1 rings (SSSR count). The van der Waals surface area contributed by atoms with Gasteiger partial charge >= 0.3 is 0 Å². The highest BCUT2D eigenvalue weighted by atomic mass is 32.1. The van der Waals surface area contributed by atoms with Crippen LogP contribution in [-0.2, 0) is 9.53 Å². The molecule has 17 heavy (non-hydrogen) atoms. The van der Waals surface area contributed by atoms with E-state index in [-0.39, 0.29) is 18.6 Å². The Morgan fingerprint density at radius 1 is 1.35 bits per heavy atom. The number of hydrogen-bond donors (Lipinski definition) is 1. The number of thiocarbonyl (C=S) groups is 1. The number of nitrogens with zero attached hydrogens (tertiary/aromatic N) is 2. The molecule has 0 saturated carbocycles. The first-order chi connectivity index (χ1) is 7.99. The molecule has 1 amide bonds. The second-order valence-corrected chi connectivity index (χ2v) is 5.01. The van der Waals surface area contributed by atoms with Crippen molar-refractivity contribution in [2.24, 2.45) is 5.73 Å². The van der Waals surface area contributed by atoms with Crippen molar-refractivity contribution in [1.29, 1.82) is 0 Å². The largest absolute Gasteiger partial charge is 0.392 e. The van der Waals surface area contributed by atoms with Gasteiger partial charge in [0.2, 0.25) is 5.91 Å². The maximum absolute atomic E-state index is 11.8. The van der Waals surface area contributed by atoms with Crippen LogP contribution in [0.25, 0.3) is 0 Å². The molecule has 0 unspecified atom stereocenters. The molecule has 0 aliphatic carbocycles. The monoisotopic (exact) mass is 259 g/mol. The maximum atomic E-state index is 11.8. The SMILES string of the molecule is CC(C)OCC(=O)N1CCN(CC(N)=S)CC1. The Balaban J connectivity index is 2.26. The van der Waals surface area contributed by atoms with Gasteiger partial charge in [-0.15, -0.1) is 0 Å². The molecule has 5 nitrogen and oxygen atoms in total. The lowest BCUT2D eigenvalue weighted by atomic mass is 10.3. The first-order valence-corrected chi connectivity index (χ1v) is 6.30. The molecular weight excluding hydrogens is 238 g/mol. The highest BCUT2D eigenvalue weighted by molar-refractivity contribution is 7.80. The molecule has 6 heteroatoms. The first kappa shape index (κ1) is 14.3. The summed E-state index contributed by atoms with van der Waals surface area (Å²) in [5, 5.41) is 0.